The number of anilines is 1. The lowest BCUT2D eigenvalue weighted by Crippen LogP contribution is -2.19. The number of allylic oxidation sites excluding steroid dienone is 1. The van der Waals surface area contributed by atoms with E-state index >= 15 is 0 Å². The summed E-state index contributed by atoms with van der Waals surface area (Å²) < 4.78 is 0. The van der Waals surface area contributed by atoms with Crippen molar-refractivity contribution in [3.63, 3.8) is 0 Å². The molecule has 3 heteroatoms. The van der Waals surface area contributed by atoms with E-state index in [1.807, 2.05) is 31.2 Å². The molecule has 1 aromatic carbocycles. The molecule has 0 spiro atoms. The second-order valence-electron chi connectivity index (χ2n) is 3.66. The van der Waals surface area contributed by atoms with Crippen LogP contribution in [0.3, 0.4) is 0 Å². The van der Waals surface area contributed by atoms with Gasteiger partial charge in [0.1, 0.15) is 0 Å². The Balaban J connectivity index is 2.41. The molecule has 0 fully saturated rings. The number of hydrogen-bond donors (Lipinski definition) is 2. The fourth-order valence-electron chi connectivity index (χ4n) is 1.72. The summed E-state index contributed by atoms with van der Waals surface area (Å²) in [6.07, 6.45) is 3.25. The summed E-state index contributed by atoms with van der Waals surface area (Å²) in [4.78, 5) is 11.2. The molecular formula is C12H14N2O. The van der Waals surface area contributed by atoms with E-state index in [-0.39, 0.29) is 5.91 Å². The molecule has 1 amide bonds. The zero-order chi connectivity index (χ0) is 10.8. The molecule has 78 valence electrons. The Kier molecular flexibility index (Phi) is 2.46. The van der Waals surface area contributed by atoms with Crippen molar-refractivity contribution in [3.8, 4) is 0 Å². The van der Waals surface area contributed by atoms with Crippen LogP contribution >= 0.6 is 0 Å². The molecule has 0 unspecified atom stereocenters. The van der Waals surface area contributed by atoms with Gasteiger partial charge in [-0.3, -0.25) is 4.79 Å². The first kappa shape index (κ1) is 9.77. The van der Waals surface area contributed by atoms with E-state index in [0.29, 0.717) is 6.42 Å². The Labute approximate surface area is 89.0 Å². The van der Waals surface area contributed by atoms with Crippen molar-refractivity contribution < 1.29 is 4.79 Å². The van der Waals surface area contributed by atoms with Gasteiger partial charge in [0.25, 0.3) is 0 Å². The van der Waals surface area contributed by atoms with Crippen molar-refractivity contribution in [3.05, 3.63) is 35.4 Å². The number of nitrogens with one attached hydrogen (secondary N) is 1. The van der Waals surface area contributed by atoms with Crippen molar-refractivity contribution in [2.75, 3.05) is 5.32 Å². The Morgan fingerprint density at radius 1 is 1.47 bits per heavy atom. The first-order valence-corrected chi connectivity index (χ1v) is 5.05. The Morgan fingerprint density at radius 3 is 3.00 bits per heavy atom. The predicted octanol–water partition coefficient (Wildman–Crippen LogP) is 1.89. The van der Waals surface area contributed by atoms with Gasteiger partial charge in [-0.25, -0.2) is 0 Å². The maximum absolute atomic E-state index is 11.2. The monoisotopic (exact) mass is 202 g/mol. The first-order chi connectivity index (χ1) is 7.20. The largest absolute Gasteiger partial charge is 0.399 e. The van der Waals surface area contributed by atoms with Crippen molar-refractivity contribution in [2.24, 2.45) is 5.73 Å². The number of carbonyl (C=O) groups is 1. The third kappa shape index (κ3) is 1.86. The summed E-state index contributed by atoms with van der Waals surface area (Å²) in [5.41, 5.74) is 9.58. The fraction of sp³-hybridized carbons (Fsp3) is 0.250. The molecule has 0 aromatic heterocycles. The number of aryl methyl sites for hydroxylation is 1. The summed E-state index contributed by atoms with van der Waals surface area (Å²) in [6.45, 7) is 1.90. The van der Waals surface area contributed by atoms with Crippen LogP contribution in [0.1, 0.15) is 24.5 Å². The molecule has 3 nitrogen and oxygen atoms in total. The zero-order valence-corrected chi connectivity index (χ0v) is 8.71. The van der Waals surface area contributed by atoms with Crippen LogP contribution < -0.4 is 11.1 Å². The molecule has 0 atom stereocenters. The summed E-state index contributed by atoms with van der Waals surface area (Å²) in [6, 6.07) is 5.95. The number of benzene rings is 1. The van der Waals surface area contributed by atoms with Crippen LogP contribution in [0, 0.1) is 0 Å². The maximum Gasteiger partial charge on any atom is 0.224 e. The molecule has 0 saturated carbocycles. The smallest absolute Gasteiger partial charge is 0.224 e. The molecule has 0 radical (unpaired) electrons. The lowest BCUT2D eigenvalue weighted by molar-refractivity contribution is -0.116. The van der Waals surface area contributed by atoms with Crippen LogP contribution in [0.5, 0.6) is 0 Å². The first-order valence-electron chi connectivity index (χ1n) is 5.05. The molecule has 0 saturated heterocycles. The van der Waals surface area contributed by atoms with Gasteiger partial charge in [-0.05, 0) is 30.5 Å². The van der Waals surface area contributed by atoms with Crippen LogP contribution in [-0.2, 0) is 11.2 Å². The van der Waals surface area contributed by atoms with Crippen LogP contribution in [0.15, 0.2) is 24.3 Å². The van der Waals surface area contributed by atoms with Gasteiger partial charge in [0, 0.05) is 17.8 Å². The van der Waals surface area contributed by atoms with Crippen molar-refractivity contribution in [1.82, 2.24) is 0 Å². The van der Waals surface area contributed by atoms with Crippen LogP contribution in [0.4, 0.5) is 5.69 Å². The molecule has 2 rings (SSSR count). The molecule has 3 N–H and O–H groups in total. The number of nitrogens with two attached hydrogens (primary N) is 1. The van der Waals surface area contributed by atoms with E-state index in [0.717, 1.165) is 23.4 Å². The van der Waals surface area contributed by atoms with E-state index in [9.17, 15) is 4.79 Å². The van der Waals surface area contributed by atoms with E-state index in [1.165, 1.54) is 5.56 Å². The average Bonchev–Trinajstić information content (AvgIpc) is 2.27. The third-order valence-electron chi connectivity index (χ3n) is 2.65. The lowest BCUT2D eigenvalue weighted by atomic mass is 10.00. The minimum Gasteiger partial charge on any atom is -0.399 e. The molecule has 1 heterocycles. The summed E-state index contributed by atoms with van der Waals surface area (Å²) in [5, 5.41) is 2.86. The summed E-state index contributed by atoms with van der Waals surface area (Å²) in [5.74, 6) is 0.0821. The zero-order valence-electron chi connectivity index (χ0n) is 8.71. The number of amides is 1. The number of fused-ring (bicyclic) bond motifs is 1. The van der Waals surface area contributed by atoms with Gasteiger partial charge < -0.3 is 11.1 Å². The van der Waals surface area contributed by atoms with Gasteiger partial charge in [-0.1, -0.05) is 18.2 Å². The third-order valence-corrected chi connectivity index (χ3v) is 2.65. The van der Waals surface area contributed by atoms with Crippen LogP contribution in [0.2, 0.25) is 0 Å². The minimum atomic E-state index is 0.0821. The highest BCUT2D eigenvalue weighted by molar-refractivity contribution is 5.94. The van der Waals surface area contributed by atoms with Gasteiger partial charge in [0.15, 0.2) is 0 Å². The SMILES string of the molecule is C/C=C(\N)c1ccc2c(c1)NC(=O)CC2. The van der Waals surface area contributed by atoms with Crippen molar-refractivity contribution in [1.29, 1.82) is 0 Å². The molecule has 1 aliphatic heterocycles. The predicted molar refractivity (Wildman–Crippen MR) is 61.2 cm³/mol. The Bertz CT molecular complexity index is 435. The van der Waals surface area contributed by atoms with E-state index in [2.05, 4.69) is 5.32 Å². The number of carbonyl (C=O) groups excluding carboxylic acids is 1. The summed E-state index contributed by atoms with van der Waals surface area (Å²) in [7, 11) is 0. The normalized spacial score (nSPS) is 15.8. The van der Waals surface area contributed by atoms with Gasteiger partial charge in [-0.2, -0.15) is 0 Å². The average molecular weight is 202 g/mol. The van der Waals surface area contributed by atoms with Crippen LogP contribution in [0.25, 0.3) is 5.70 Å². The van der Waals surface area contributed by atoms with Gasteiger partial charge in [0.05, 0.1) is 0 Å². The Morgan fingerprint density at radius 2 is 2.27 bits per heavy atom. The quantitative estimate of drug-likeness (QED) is 0.730. The van der Waals surface area contributed by atoms with E-state index in [1.54, 1.807) is 0 Å². The van der Waals surface area contributed by atoms with Gasteiger partial charge in [-0.15, -0.1) is 0 Å². The standard InChI is InChI=1S/C12H14N2O/c1-2-10(13)9-4-3-8-5-6-12(15)14-11(8)7-9/h2-4,7H,5-6,13H2,1H3,(H,14,15)/b10-2-. The maximum atomic E-state index is 11.2. The van der Waals surface area contributed by atoms with Gasteiger partial charge in [0.2, 0.25) is 5.91 Å². The lowest BCUT2D eigenvalue weighted by Gasteiger charge is -2.17. The second kappa shape index (κ2) is 3.77. The summed E-state index contributed by atoms with van der Waals surface area (Å²) >= 11 is 0. The molecule has 0 aliphatic carbocycles. The molecule has 0 bridgehead atoms. The topological polar surface area (TPSA) is 55.1 Å². The minimum absolute atomic E-state index is 0.0821. The molecule has 1 aliphatic rings. The number of hydrogen-bond acceptors (Lipinski definition) is 2. The van der Waals surface area contributed by atoms with Gasteiger partial charge >= 0.3 is 0 Å². The molecule has 15 heavy (non-hydrogen) atoms. The van der Waals surface area contributed by atoms with Crippen molar-refractivity contribution >= 4 is 17.3 Å². The number of rotatable bonds is 1. The van der Waals surface area contributed by atoms with Crippen molar-refractivity contribution in [2.45, 2.75) is 19.8 Å². The highest BCUT2D eigenvalue weighted by Crippen LogP contribution is 2.25. The van der Waals surface area contributed by atoms with E-state index < -0.39 is 0 Å². The van der Waals surface area contributed by atoms with Crippen LogP contribution in [-0.4, -0.2) is 5.91 Å². The molecule has 1 aromatic rings. The highest BCUT2D eigenvalue weighted by Gasteiger charge is 2.14. The fourth-order valence-corrected chi connectivity index (χ4v) is 1.72. The highest BCUT2D eigenvalue weighted by atomic mass is 16.1. The molecular weight excluding hydrogens is 188 g/mol. The Hall–Kier alpha value is -1.77. The van der Waals surface area contributed by atoms with E-state index in [4.69, 9.17) is 5.73 Å². The second-order valence-corrected chi connectivity index (χ2v) is 3.66.